The summed E-state index contributed by atoms with van der Waals surface area (Å²) in [6.07, 6.45) is 0.908. The Bertz CT molecular complexity index is 754. The van der Waals surface area contributed by atoms with E-state index in [4.69, 9.17) is 0 Å². The minimum atomic E-state index is -0.834. The normalized spacial score (nSPS) is 17.1. The second kappa shape index (κ2) is 7.46. The maximum absolute atomic E-state index is 13.3. The first-order valence-corrected chi connectivity index (χ1v) is 8.85. The van der Waals surface area contributed by atoms with Crippen molar-refractivity contribution in [2.45, 2.75) is 6.42 Å². The van der Waals surface area contributed by atoms with Gasteiger partial charge < -0.3 is 10.2 Å². The molecule has 1 fully saturated rings. The van der Waals surface area contributed by atoms with Crippen LogP contribution in [-0.4, -0.2) is 25.5 Å². The molecule has 0 aliphatic carbocycles. The fourth-order valence-electron chi connectivity index (χ4n) is 2.89. The molecule has 1 N–H and O–H groups in total. The van der Waals surface area contributed by atoms with Crippen LogP contribution in [0.15, 0.2) is 42.5 Å². The molecule has 3 nitrogen and oxygen atoms in total. The topological polar surface area (TPSA) is 32.3 Å². The van der Waals surface area contributed by atoms with Gasteiger partial charge in [0.2, 0.25) is 0 Å². The summed E-state index contributed by atoms with van der Waals surface area (Å²) in [5, 5.41) is 2.97. The summed E-state index contributed by atoms with van der Waals surface area (Å²) in [6, 6.07) is 11.4. The number of nitrogens with one attached hydrogen (secondary N) is 1. The highest BCUT2D eigenvalue weighted by Crippen LogP contribution is 2.25. The second-order valence-electron chi connectivity index (χ2n) is 5.89. The van der Waals surface area contributed by atoms with Gasteiger partial charge in [-0.3, -0.25) is 4.79 Å². The van der Waals surface area contributed by atoms with Gasteiger partial charge in [-0.1, -0.05) is 12.1 Å². The van der Waals surface area contributed by atoms with Gasteiger partial charge in [0.15, 0.2) is 11.6 Å². The zero-order valence-corrected chi connectivity index (χ0v) is 15.1. The number of carbonyl (C=O) groups is 1. The van der Waals surface area contributed by atoms with Crippen LogP contribution < -0.4 is 10.2 Å². The molecule has 2 aromatic carbocycles. The monoisotopic (exact) mass is 442 g/mol. The molecule has 0 bridgehead atoms. The van der Waals surface area contributed by atoms with E-state index < -0.39 is 11.6 Å². The first kappa shape index (κ1) is 17.1. The fraction of sp³-hybridized carbons (Fsp3) is 0.278. The SMILES string of the molecule is O=C(NCC1CCN(c2ccc(F)c(F)c2)C1)c1ccccc1I. The number of hydrogen-bond acceptors (Lipinski definition) is 2. The van der Waals surface area contributed by atoms with E-state index in [2.05, 4.69) is 27.9 Å². The van der Waals surface area contributed by atoms with Gasteiger partial charge in [-0.2, -0.15) is 0 Å². The van der Waals surface area contributed by atoms with Gasteiger partial charge in [-0.15, -0.1) is 0 Å². The highest BCUT2D eigenvalue weighted by Gasteiger charge is 2.24. The van der Waals surface area contributed by atoms with Crippen molar-refractivity contribution in [1.82, 2.24) is 5.32 Å². The summed E-state index contributed by atoms with van der Waals surface area (Å²) in [4.78, 5) is 14.3. The molecular weight excluding hydrogens is 425 g/mol. The lowest BCUT2D eigenvalue weighted by atomic mass is 10.1. The third-order valence-corrected chi connectivity index (χ3v) is 5.16. The maximum atomic E-state index is 13.3. The Morgan fingerprint density at radius 1 is 1.21 bits per heavy atom. The Kier molecular flexibility index (Phi) is 5.33. The van der Waals surface area contributed by atoms with Crippen molar-refractivity contribution in [2.24, 2.45) is 5.92 Å². The van der Waals surface area contributed by atoms with E-state index in [1.54, 1.807) is 12.1 Å². The number of benzene rings is 2. The Morgan fingerprint density at radius 3 is 2.75 bits per heavy atom. The molecule has 6 heteroatoms. The van der Waals surface area contributed by atoms with Crippen LogP contribution in [0.3, 0.4) is 0 Å². The zero-order chi connectivity index (χ0) is 17.1. The van der Waals surface area contributed by atoms with Gasteiger partial charge in [-0.25, -0.2) is 8.78 Å². The van der Waals surface area contributed by atoms with Gasteiger partial charge in [0.25, 0.3) is 5.91 Å². The first-order chi connectivity index (χ1) is 11.5. The lowest BCUT2D eigenvalue weighted by Crippen LogP contribution is -2.31. The number of hydrogen-bond donors (Lipinski definition) is 1. The van der Waals surface area contributed by atoms with Gasteiger partial charge in [0, 0.05) is 35.0 Å². The van der Waals surface area contributed by atoms with Crippen molar-refractivity contribution in [2.75, 3.05) is 24.5 Å². The van der Waals surface area contributed by atoms with Crippen LogP contribution in [0.4, 0.5) is 14.5 Å². The first-order valence-electron chi connectivity index (χ1n) is 7.77. The van der Waals surface area contributed by atoms with Crippen LogP contribution in [0.5, 0.6) is 0 Å². The molecule has 1 atom stereocenters. The molecule has 1 heterocycles. The molecule has 1 unspecified atom stereocenters. The van der Waals surface area contributed by atoms with E-state index in [0.717, 1.165) is 29.1 Å². The maximum Gasteiger partial charge on any atom is 0.252 e. The van der Waals surface area contributed by atoms with Crippen LogP contribution in [0.1, 0.15) is 16.8 Å². The van der Waals surface area contributed by atoms with E-state index in [0.29, 0.717) is 23.7 Å². The number of rotatable bonds is 4. The standard InChI is InChI=1S/C18H17F2IN2O/c19-15-6-5-13(9-16(15)20)23-8-7-12(11-23)10-22-18(24)14-3-1-2-4-17(14)21/h1-6,9,12H,7-8,10-11H2,(H,22,24). The molecule has 0 radical (unpaired) electrons. The largest absolute Gasteiger partial charge is 0.371 e. The van der Waals surface area contributed by atoms with Crippen LogP contribution in [0, 0.1) is 21.1 Å². The minimum absolute atomic E-state index is 0.0775. The predicted octanol–water partition coefficient (Wildman–Crippen LogP) is 3.83. The third-order valence-electron chi connectivity index (χ3n) is 4.22. The Labute approximate surface area is 153 Å². The lowest BCUT2D eigenvalue weighted by molar-refractivity contribution is 0.0947. The van der Waals surface area contributed by atoms with Gasteiger partial charge in [0.1, 0.15) is 0 Å². The second-order valence-corrected chi connectivity index (χ2v) is 7.05. The molecule has 3 rings (SSSR count). The van der Waals surface area contributed by atoms with Crippen LogP contribution in [0.2, 0.25) is 0 Å². The fourth-order valence-corrected chi connectivity index (χ4v) is 3.53. The summed E-state index contributed by atoms with van der Waals surface area (Å²) in [5.41, 5.74) is 1.36. The molecular formula is C18H17F2IN2O. The average molecular weight is 442 g/mol. The van der Waals surface area contributed by atoms with Crippen molar-refractivity contribution in [3.63, 3.8) is 0 Å². The van der Waals surface area contributed by atoms with E-state index in [1.165, 1.54) is 6.07 Å². The van der Waals surface area contributed by atoms with Crippen molar-refractivity contribution < 1.29 is 13.6 Å². The average Bonchev–Trinajstić information content (AvgIpc) is 3.04. The summed E-state index contributed by atoms with van der Waals surface area (Å²) in [7, 11) is 0. The minimum Gasteiger partial charge on any atom is -0.371 e. The molecule has 126 valence electrons. The van der Waals surface area contributed by atoms with E-state index >= 15 is 0 Å². The van der Waals surface area contributed by atoms with E-state index in [-0.39, 0.29) is 5.91 Å². The lowest BCUT2D eigenvalue weighted by Gasteiger charge is -2.19. The van der Waals surface area contributed by atoms with Crippen LogP contribution in [0.25, 0.3) is 0 Å². The van der Waals surface area contributed by atoms with E-state index in [1.807, 2.05) is 23.1 Å². The van der Waals surface area contributed by atoms with Crippen LogP contribution >= 0.6 is 22.6 Å². The molecule has 0 spiro atoms. The molecule has 1 aliphatic rings. The number of nitrogens with zero attached hydrogens (tertiary/aromatic N) is 1. The molecule has 1 amide bonds. The predicted molar refractivity (Wildman–Crippen MR) is 98.2 cm³/mol. The Hall–Kier alpha value is -1.70. The summed E-state index contributed by atoms with van der Waals surface area (Å²) < 4.78 is 27.3. The third kappa shape index (κ3) is 3.85. The number of halogens is 3. The molecule has 0 saturated carbocycles. The summed E-state index contributed by atoms with van der Waals surface area (Å²) in [5.74, 6) is -1.45. The zero-order valence-electron chi connectivity index (χ0n) is 12.9. The van der Waals surface area contributed by atoms with Crippen LogP contribution in [-0.2, 0) is 0 Å². The Morgan fingerprint density at radius 2 is 2.00 bits per heavy atom. The summed E-state index contributed by atoms with van der Waals surface area (Å²) in [6.45, 7) is 2.07. The van der Waals surface area contributed by atoms with Crippen molar-refractivity contribution in [1.29, 1.82) is 0 Å². The Balaban J connectivity index is 1.56. The number of anilines is 1. The molecule has 1 aliphatic heterocycles. The molecule has 2 aromatic rings. The van der Waals surface area contributed by atoms with Crippen molar-refractivity contribution in [3.05, 3.63) is 63.2 Å². The van der Waals surface area contributed by atoms with Gasteiger partial charge in [-0.05, 0) is 59.2 Å². The van der Waals surface area contributed by atoms with Gasteiger partial charge in [0.05, 0.1) is 5.56 Å². The molecule has 1 saturated heterocycles. The smallest absolute Gasteiger partial charge is 0.252 e. The number of carbonyl (C=O) groups excluding carboxylic acids is 1. The van der Waals surface area contributed by atoms with Gasteiger partial charge >= 0.3 is 0 Å². The van der Waals surface area contributed by atoms with E-state index in [9.17, 15) is 13.6 Å². The quantitative estimate of drug-likeness (QED) is 0.731. The van der Waals surface area contributed by atoms with Crippen molar-refractivity contribution >= 4 is 34.2 Å². The molecule has 0 aromatic heterocycles. The van der Waals surface area contributed by atoms with Crippen molar-refractivity contribution in [3.8, 4) is 0 Å². The summed E-state index contributed by atoms with van der Waals surface area (Å²) >= 11 is 2.14. The highest BCUT2D eigenvalue weighted by atomic mass is 127. The molecule has 24 heavy (non-hydrogen) atoms. The number of amides is 1. The highest BCUT2D eigenvalue weighted by molar-refractivity contribution is 14.1.